The van der Waals surface area contributed by atoms with Crippen molar-refractivity contribution in [3.63, 3.8) is 0 Å². The van der Waals surface area contributed by atoms with Gasteiger partial charge in [-0.2, -0.15) is 0 Å². The highest BCUT2D eigenvalue weighted by molar-refractivity contribution is 7.98. The first-order chi connectivity index (χ1) is 10.2. The van der Waals surface area contributed by atoms with Crippen molar-refractivity contribution < 1.29 is 9.53 Å². The Hall–Kier alpha value is -2.14. The monoisotopic (exact) mass is 302 g/mol. The number of carbonyl (C=O) groups excluding carboxylic acids is 1. The second-order valence-electron chi connectivity index (χ2n) is 4.45. The molecular formula is C16H18N2O2S. The van der Waals surface area contributed by atoms with Gasteiger partial charge >= 0.3 is 0 Å². The maximum atomic E-state index is 11.8. The molecular weight excluding hydrogens is 284 g/mol. The molecule has 0 heterocycles. The third-order valence-electron chi connectivity index (χ3n) is 2.83. The zero-order chi connectivity index (χ0) is 15.1. The number of hydrogen-bond donors (Lipinski definition) is 2. The fourth-order valence-corrected chi connectivity index (χ4v) is 2.17. The number of nitrogens with one attached hydrogen (secondary N) is 1. The number of thioether (sulfide) groups is 1. The molecule has 0 aliphatic rings. The molecule has 2 aromatic carbocycles. The lowest BCUT2D eigenvalue weighted by Crippen LogP contribution is -2.15. The van der Waals surface area contributed by atoms with Crippen molar-refractivity contribution in [2.24, 2.45) is 0 Å². The number of nitrogens with two attached hydrogens (primary N) is 1. The Kier molecular flexibility index (Phi) is 5.51. The van der Waals surface area contributed by atoms with Crippen molar-refractivity contribution in [3.8, 4) is 5.75 Å². The molecule has 4 nitrogen and oxygen atoms in total. The van der Waals surface area contributed by atoms with E-state index in [1.807, 2.05) is 42.7 Å². The van der Waals surface area contributed by atoms with Gasteiger partial charge in [-0.1, -0.05) is 6.07 Å². The molecule has 5 heteroatoms. The van der Waals surface area contributed by atoms with Gasteiger partial charge in [0.15, 0.2) is 0 Å². The summed E-state index contributed by atoms with van der Waals surface area (Å²) in [6.45, 7) is 0.318. The Bertz CT molecular complexity index is 599. The van der Waals surface area contributed by atoms with Crippen molar-refractivity contribution in [2.45, 2.75) is 11.3 Å². The molecule has 0 saturated carbocycles. The van der Waals surface area contributed by atoms with Gasteiger partial charge in [-0.25, -0.2) is 0 Å². The third kappa shape index (κ3) is 5.04. The smallest absolute Gasteiger partial charge is 0.227 e. The lowest BCUT2D eigenvalue weighted by molar-refractivity contribution is -0.116. The van der Waals surface area contributed by atoms with E-state index in [2.05, 4.69) is 5.32 Å². The van der Waals surface area contributed by atoms with Crippen LogP contribution in [0.25, 0.3) is 0 Å². The highest BCUT2D eigenvalue weighted by Gasteiger charge is 2.03. The lowest BCUT2D eigenvalue weighted by Gasteiger charge is -2.08. The highest BCUT2D eigenvalue weighted by Crippen LogP contribution is 2.18. The first kappa shape index (κ1) is 15.3. The maximum Gasteiger partial charge on any atom is 0.227 e. The molecule has 2 aromatic rings. The summed E-state index contributed by atoms with van der Waals surface area (Å²) in [6.07, 6.45) is 2.31. The zero-order valence-corrected chi connectivity index (χ0v) is 12.7. The van der Waals surface area contributed by atoms with Crippen LogP contribution in [0.5, 0.6) is 5.75 Å². The molecule has 0 spiro atoms. The highest BCUT2D eigenvalue weighted by atomic mass is 32.2. The van der Waals surface area contributed by atoms with Gasteiger partial charge in [-0.15, -0.1) is 11.8 Å². The van der Waals surface area contributed by atoms with E-state index in [4.69, 9.17) is 10.5 Å². The summed E-state index contributed by atoms with van der Waals surface area (Å²) in [7, 11) is 0. The van der Waals surface area contributed by atoms with E-state index in [-0.39, 0.29) is 5.91 Å². The van der Waals surface area contributed by atoms with Crippen molar-refractivity contribution in [1.29, 1.82) is 0 Å². The second kappa shape index (κ2) is 7.59. The van der Waals surface area contributed by atoms with E-state index in [0.29, 0.717) is 24.5 Å². The Balaban J connectivity index is 1.76. The van der Waals surface area contributed by atoms with Crippen LogP contribution in [0, 0.1) is 0 Å². The van der Waals surface area contributed by atoms with Crippen molar-refractivity contribution in [3.05, 3.63) is 48.5 Å². The normalized spacial score (nSPS) is 10.1. The number of carbonyl (C=O) groups is 1. The third-order valence-corrected chi connectivity index (χ3v) is 3.57. The Labute approximate surface area is 128 Å². The van der Waals surface area contributed by atoms with Crippen LogP contribution in [0.2, 0.25) is 0 Å². The summed E-state index contributed by atoms with van der Waals surface area (Å²) >= 11 is 1.67. The zero-order valence-electron chi connectivity index (χ0n) is 11.8. The minimum Gasteiger partial charge on any atom is -0.493 e. The van der Waals surface area contributed by atoms with Crippen LogP contribution in [-0.4, -0.2) is 18.8 Å². The summed E-state index contributed by atoms with van der Waals surface area (Å²) in [5.74, 6) is 0.600. The number of hydrogen-bond acceptors (Lipinski definition) is 4. The molecule has 0 bridgehead atoms. The van der Waals surface area contributed by atoms with Gasteiger partial charge < -0.3 is 15.8 Å². The van der Waals surface area contributed by atoms with Gasteiger partial charge in [0.05, 0.1) is 13.0 Å². The predicted octanol–water partition coefficient (Wildman–Crippen LogP) is 3.40. The quantitative estimate of drug-likeness (QED) is 0.634. The number of rotatable bonds is 6. The van der Waals surface area contributed by atoms with Crippen LogP contribution in [0.1, 0.15) is 6.42 Å². The van der Waals surface area contributed by atoms with Gasteiger partial charge in [-0.05, 0) is 42.7 Å². The predicted molar refractivity (Wildman–Crippen MR) is 87.8 cm³/mol. The Morgan fingerprint density at radius 3 is 2.67 bits per heavy atom. The molecule has 1 amide bonds. The summed E-state index contributed by atoms with van der Waals surface area (Å²) in [4.78, 5) is 13.0. The molecule has 0 aliphatic carbocycles. The van der Waals surface area contributed by atoms with E-state index < -0.39 is 0 Å². The average Bonchev–Trinajstić information content (AvgIpc) is 2.48. The van der Waals surface area contributed by atoms with E-state index in [9.17, 15) is 4.79 Å². The largest absolute Gasteiger partial charge is 0.493 e. The second-order valence-corrected chi connectivity index (χ2v) is 5.33. The molecule has 2 rings (SSSR count). The minimum atomic E-state index is -0.0733. The van der Waals surface area contributed by atoms with Crippen LogP contribution in [0.3, 0.4) is 0 Å². The van der Waals surface area contributed by atoms with Crippen molar-refractivity contribution in [1.82, 2.24) is 0 Å². The van der Waals surface area contributed by atoms with Crippen LogP contribution in [-0.2, 0) is 4.79 Å². The SMILES string of the molecule is CSc1ccc(NC(=O)CCOc2cccc(N)c2)cc1. The molecule has 0 unspecified atom stereocenters. The summed E-state index contributed by atoms with van der Waals surface area (Å²) in [6, 6.07) is 14.9. The summed E-state index contributed by atoms with van der Waals surface area (Å²) in [5.41, 5.74) is 7.09. The summed E-state index contributed by atoms with van der Waals surface area (Å²) < 4.78 is 5.49. The number of ether oxygens (including phenoxy) is 1. The molecule has 0 aliphatic heterocycles. The van der Waals surface area contributed by atoms with Gasteiger partial charge in [0.2, 0.25) is 5.91 Å². The topological polar surface area (TPSA) is 64.3 Å². The van der Waals surface area contributed by atoms with Crippen molar-refractivity contribution >= 4 is 29.0 Å². The van der Waals surface area contributed by atoms with Crippen LogP contribution in [0.15, 0.2) is 53.4 Å². The molecule has 0 atom stereocenters. The fraction of sp³-hybridized carbons (Fsp3) is 0.188. The van der Waals surface area contributed by atoms with Gasteiger partial charge in [-0.3, -0.25) is 4.79 Å². The minimum absolute atomic E-state index is 0.0733. The van der Waals surface area contributed by atoms with E-state index in [1.165, 1.54) is 0 Å². The first-order valence-corrected chi connectivity index (χ1v) is 7.82. The van der Waals surface area contributed by atoms with Gasteiger partial charge in [0.1, 0.15) is 5.75 Å². The molecule has 0 radical (unpaired) electrons. The fourth-order valence-electron chi connectivity index (χ4n) is 1.76. The van der Waals surface area contributed by atoms with E-state index >= 15 is 0 Å². The molecule has 21 heavy (non-hydrogen) atoms. The van der Waals surface area contributed by atoms with Crippen LogP contribution in [0.4, 0.5) is 11.4 Å². The molecule has 0 aromatic heterocycles. The standard InChI is InChI=1S/C16H18N2O2S/c1-21-15-7-5-13(6-8-15)18-16(19)9-10-20-14-4-2-3-12(17)11-14/h2-8,11H,9-10,17H2,1H3,(H,18,19). The number of anilines is 2. The molecule has 3 N–H and O–H groups in total. The number of benzene rings is 2. The van der Waals surface area contributed by atoms with Gasteiger partial charge in [0, 0.05) is 22.3 Å². The Morgan fingerprint density at radius 1 is 1.24 bits per heavy atom. The molecule has 0 saturated heterocycles. The molecule has 0 fully saturated rings. The number of nitrogen functional groups attached to an aromatic ring is 1. The maximum absolute atomic E-state index is 11.8. The van der Waals surface area contributed by atoms with Crippen LogP contribution < -0.4 is 15.8 Å². The lowest BCUT2D eigenvalue weighted by atomic mass is 10.3. The first-order valence-electron chi connectivity index (χ1n) is 6.59. The van der Waals surface area contributed by atoms with Crippen molar-refractivity contribution in [2.75, 3.05) is 23.9 Å². The average molecular weight is 302 g/mol. The van der Waals surface area contributed by atoms with Gasteiger partial charge in [0.25, 0.3) is 0 Å². The molecule has 110 valence electrons. The number of amides is 1. The van der Waals surface area contributed by atoms with Crippen LogP contribution >= 0.6 is 11.8 Å². The summed E-state index contributed by atoms with van der Waals surface area (Å²) in [5, 5.41) is 2.84. The van der Waals surface area contributed by atoms with E-state index in [1.54, 1.807) is 23.9 Å². The van der Waals surface area contributed by atoms with E-state index in [0.717, 1.165) is 10.6 Å². The Morgan fingerprint density at radius 2 is 2.00 bits per heavy atom.